The Labute approximate surface area is 120 Å². The van der Waals surface area contributed by atoms with Gasteiger partial charge in [0.15, 0.2) is 11.6 Å². The number of morpholine rings is 1. The van der Waals surface area contributed by atoms with Crippen LogP contribution in [-0.4, -0.2) is 63.4 Å². The smallest absolute Gasteiger partial charge is 0.165 e. The molecule has 1 aromatic rings. The lowest BCUT2D eigenvalue weighted by Gasteiger charge is -2.34. The molecule has 1 aliphatic rings. The fourth-order valence-corrected chi connectivity index (χ4v) is 2.51. The van der Waals surface area contributed by atoms with Crippen molar-refractivity contribution in [1.82, 2.24) is 9.80 Å². The van der Waals surface area contributed by atoms with Crippen LogP contribution in [0.1, 0.15) is 5.56 Å². The summed E-state index contributed by atoms with van der Waals surface area (Å²) in [7, 11) is 5.56. The van der Waals surface area contributed by atoms with Gasteiger partial charge in [-0.2, -0.15) is 0 Å². The number of nitrogens with zero attached hydrogens (tertiary/aromatic N) is 2. The van der Waals surface area contributed by atoms with Gasteiger partial charge in [-0.1, -0.05) is 6.07 Å². The molecule has 0 amide bonds. The molecule has 0 aromatic heterocycles. The van der Waals surface area contributed by atoms with Gasteiger partial charge in [0, 0.05) is 26.2 Å². The van der Waals surface area contributed by atoms with E-state index in [-0.39, 0.29) is 11.9 Å². The predicted molar refractivity (Wildman–Crippen MR) is 76.5 cm³/mol. The molecule has 1 atom stereocenters. The zero-order valence-electron chi connectivity index (χ0n) is 12.4. The van der Waals surface area contributed by atoms with Crippen molar-refractivity contribution in [3.63, 3.8) is 0 Å². The van der Waals surface area contributed by atoms with Crippen molar-refractivity contribution in [3.05, 3.63) is 29.6 Å². The molecule has 1 saturated heterocycles. The van der Waals surface area contributed by atoms with Crippen LogP contribution in [0.3, 0.4) is 0 Å². The van der Waals surface area contributed by atoms with Gasteiger partial charge in [0.05, 0.1) is 19.8 Å². The van der Waals surface area contributed by atoms with Crippen LogP contribution < -0.4 is 4.74 Å². The number of likely N-dealkylation sites (N-methyl/N-ethyl adjacent to an activating group) is 1. The average Bonchev–Trinajstić information content (AvgIpc) is 2.38. The van der Waals surface area contributed by atoms with Crippen molar-refractivity contribution in [2.24, 2.45) is 0 Å². The summed E-state index contributed by atoms with van der Waals surface area (Å²) in [5.74, 6) is -0.00990. The van der Waals surface area contributed by atoms with Crippen molar-refractivity contribution in [2.45, 2.75) is 12.6 Å². The lowest BCUT2D eigenvalue weighted by Crippen LogP contribution is -2.45. The number of ether oxygens (including phenoxy) is 2. The van der Waals surface area contributed by atoms with Gasteiger partial charge in [0.2, 0.25) is 0 Å². The summed E-state index contributed by atoms with van der Waals surface area (Å²) < 4.78 is 24.4. The number of hydrogen-bond acceptors (Lipinski definition) is 4. The molecule has 0 saturated carbocycles. The van der Waals surface area contributed by atoms with E-state index in [2.05, 4.69) is 9.80 Å². The highest BCUT2D eigenvalue weighted by Gasteiger charge is 2.21. The molecule has 0 aliphatic carbocycles. The highest BCUT2D eigenvalue weighted by molar-refractivity contribution is 5.29. The molecule has 0 radical (unpaired) electrons. The number of hydrogen-bond donors (Lipinski definition) is 0. The number of halogens is 1. The standard InChI is InChI=1S/C15H23FN2O2/c1-17(2)10-13-11-18(6-7-20-13)9-12-4-5-15(19-3)14(16)8-12/h4-5,8,13H,6-7,9-11H2,1-3H3/t13-/m1/s1. The van der Waals surface area contributed by atoms with Gasteiger partial charge in [0.1, 0.15) is 0 Å². The van der Waals surface area contributed by atoms with Gasteiger partial charge < -0.3 is 14.4 Å². The zero-order valence-corrected chi connectivity index (χ0v) is 12.4. The maximum Gasteiger partial charge on any atom is 0.165 e. The molecule has 1 aromatic carbocycles. The maximum atomic E-state index is 13.7. The Morgan fingerprint density at radius 2 is 2.25 bits per heavy atom. The first-order chi connectivity index (χ1) is 9.58. The lowest BCUT2D eigenvalue weighted by atomic mass is 10.1. The van der Waals surface area contributed by atoms with E-state index in [1.54, 1.807) is 12.1 Å². The minimum Gasteiger partial charge on any atom is -0.494 e. The molecule has 20 heavy (non-hydrogen) atoms. The van der Waals surface area contributed by atoms with Crippen LogP contribution in [0.15, 0.2) is 18.2 Å². The number of benzene rings is 1. The fourth-order valence-electron chi connectivity index (χ4n) is 2.51. The predicted octanol–water partition coefficient (Wildman–Crippen LogP) is 1.60. The van der Waals surface area contributed by atoms with Crippen molar-refractivity contribution in [3.8, 4) is 5.75 Å². The van der Waals surface area contributed by atoms with Crippen molar-refractivity contribution >= 4 is 0 Å². The van der Waals surface area contributed by atoms with Crippen LogP contribution in [0.4, 0.5) is 4.39 Å². The van der Waals surface area contributed by atoms with Crippen LogP contribution in [0, 0.1) is 5.82 Å². The van der Waals surface area contributed by atoms with E-state index in [0.717, 1.165) is 38.3 Å². The Hall–Kier alpha value is -1.17. The summed E-state index contributed by atoms with van der Waals surface area (Å²) >= 11 is 0. The molecular weight excluding hydrogens is 259 g/mol. The van der Waals surface area contributed by atoms with E-state index in [1.165, 1.54) is 7.11 Å². The molecule has 1 heterocycles. The quantitative estimate of drug-likeness (QED) is 0.819. The van der Waals surface area contributed by atoms with E-state index in [4.69, 9.17) is 9.47 Å². The van der Waals surface area contributed by atoms with E-state index in [0.29, 0.717) is 5.75 Å². The van der Waals surface area contributed by atoms with Crippen molar-refractivity contribution in [2.75, 3.05) is 47.4 Å². The van der Waals surface area contributed by atoms with Crippen molar-refractivity contribution in [1.29, 1.82) is 0 Å². The van der Waals surface area contributed by atoms with Gasteiger partial charge in [-0.25, -0.2) is 4.39 Å². The molecule has 0 N–H and O–H groups in total. The highest BCUT2D eigenvalue weighted by atomic mass is 19.1. The van der Waals surface area contributed by atoms with Crippen LogP contribution in [0.5, 0.6) is 5.75 Å². The Morgan fingerprint density at radius 1 is 1.45 bits per heavy atom. The van der Waals surface area contributed by atoms with Crippen LogP contribution in [0.25, 0.3) is 0 Å². The molecule has 0 bridgehead atoms. The first-order valence-electron chi connectivity index (χ1n) is 6.89. The Kier molecular flexibility index (Phi) is 5.34. The molecule has 2 rings (SSSR count). The van der Waals surface area contributed by atoms with Crippen LogP contribution >= 0.6 is 0 Å². The minimum atomic E-state index is -0.303. The molecule has 1 fully saturated rings. The molecule has 1 aliphatic heterocycles. The van der Waals surface area contributed by atoms with Crippen LogP contribution in [0.2, 0.25) is 0 Å². The second-order valence-corrected chi connectivity index (χ2v) is 5.46. The Morgan fingerprint density at radius 3 is 2.90 bits per heavy atom. The van der Waals surface area contributed by atoms with E-state index in [9.17, 15) is 4.39 Å². The van der Waals surface area contributed by atoms with Gasteiger partial charge in [-0.05, 0) is 31.8 Å². The van der Waals surface area contributed by atoms with Crippen molar-refractivity contribution < 1.29 is 13.9 Å². The molecular formula is C15H23FN2O2. The van der Waals surface area contributed by atoms with E-state index in [1.807, 2.05) is 20.2 Å². The summed E-state index contributed by atoms with van der Waals surface area (Å²) in [6, 6.07) is 5.15. The molecule has 4 nitrogen and oxygen atoms in total. The third-order valence-corrected chi connectivity index (χ3v) is 3.41. The molecule has 112 valence electrons. The second-order valence-electron chi connectivity index (χ2n) is 5.46. The fraction of sp³-hybridized carbons (Fsp3) is 0.600. The van der Waals surface area contributed by atoms with E-state index < -0.39 is 0 Å². The SMILES string of the molecule is COc1ccc(CN2CCO[C@H](CN(C)C)C2)cc1F. The van der Waals surface area contributed by atoms with Crippen LogP contribution in [-0.2, 0) is 11.3 Å². The molecule has 0 spiro atoms. The molecule has 5 heteroatoms. The van der Waals surface area contributed by atoms with Gasteiger partial charge >= 0.3 is 0 Å². The van der Waals surface area contributed by atoms with E-state index >= 15 is 0 Å². The molecule has 0 unspecified atom stereocenters. The Balaban J connectivity index is 1.93. The third kappa shape index (κ3) is 4.16. The number of methoxy groups -OCH3 is 1. The highest BCUT2D eigenvalue weighted by Crippen LogP contribution is 2.19. The zero-order chi connectivity index (χ0) is 14.5. The average molecular weight is 282 g/mol. The monoisotopic (exact) mass is 282 g/mol. The normalized spacial score (nSPS) is 20.4. The second kappa shape index (κ2) is 7.02. The summed E-state index contributed by atoms with van der Waals surface area (Å²) in [6.45, 7) is 4.15. The topological polar surface area (TPSA) is 24.9 Å². The summed E-state index contributed by atoms with van der Waals surface area (Å²) in [4.78, 5) is 4.43. The van der Waals surface area contributed by atoms with Gasteiger partial charge in [-0.3, -0.25) is 4.90 Å². The van der Waals surface area contributed by atoms with Gasteiger partial charge in [-0.15, -0.1) is 0 Å². The Bertz CT molecular complexity index is 440. The number of rotatable bonds is 5. The summed E-state index contributed by atoms with van der Waals surface area (Å²) in [6.07, 6.45) is 0.224. The van der Waals surface area contributed by atoms with Gasteiger partial charge in [0.25, 0.3) is 0 Å². The first kappa shape index (κ1) is 15.2. The first-order valence-corrected chi connectivity index (χ1v) is 6.89. The summed E-state index contributed by atoms with van der Waals surface area (Å²) in [5.41, 5.74) is 0.966. The minimum absolute atomic E-state index is 0.224. The lowest BCUT2D eigenvalue weighted by molar-refractivity contribution is -0.0406. The maximum absolute atomic E-state index is 13.7. The third-order valence-electron chi connectivity index (χ3n) is 3.41. The summed E-state index contributed by atoms with van der Waals surface area (Å²) in [5, 5.41) is 0. The largest absolute Gasteiger partial charge is 0.494 e.